The first-order chi connectivity index (χ1) is 6.48. The molecule has 0 saturated carbocycles. The lowest BCUT2D eigenvalue weighted by Crippen LogP contribution is -2.15. The molecule has 74 valence electrons. The maximum absolute atomic E-state index is 12.4. The molecule has 1 aromatic heterocycles. The summed E-state index contributed by atoms with van der Waals surface area (Å²) in [5.41, 5.74) is 5.91. The van der Waals surface area contributed by atoms with E-state index in [4.69, 9.17) is 5.73 Å². The minimum Gasteiger partial charge on any atom is -0.399 e. The van der Waals surface area contributed by atoms with Crippen LogP contribution in [-0.2, 0) is 6.30 Å². The number of nitrogens with two attached hydrogens (primary N) is 1. The van der Waals surface area contributed by atoms with Crippen molar-refractivity contribution in [3.63, 3.8) is 0 Å². The molecule has 0 atom stereocenters. The highest BCUT2D eigenvalue weighted by Gasteiger charge is 2.31. The van der Waals surface area contributed by atoms with Gasteiger partial charge in [-0.15, -0.1) is 13.2 Å². The average molecular weight is 201 g/mol. The van der Waals surface area contributed by atoms with E-state index >= 15 is 0 Å². The van der Waals surface area contributed by atoms with Gasteiger partial charge in [-0.3, -0.25) is 0 Å². The van der Waals surface area contributed by atoms with Gasteiger partial charge in [-0.2, -0.15) is 0 Å². The molecule has 0 unspecified atom stereocenters. The highest BCUT2D eigenvalue weighted by molar-refractivity contribution is 5.79. The van der Waals surface area contributed by atoms with Gasteiger partial charge < -0.3 is 5.73 Å². The molecule has 3 nitrogen and oxygen atoms in total. The van der Waals surface area contributed by atoms with Crippen LogP contribution >= 0.6 is 0 Å². The Morgan fingerprint density at radius 1 is 1.29 bits per heavy atom. The van der Waals surface area contributed by atoms with E-state index in [0.29, 0.717) is 0 Å². The molecule has 0 aliphatic heterocycles. The van der Waals surface area contributed by atoms with Crippen LogP contribution in [0.2, 0.25) is 0 Å². The Balaban J connectivity index is 2.73. The van der Waals surface area contributed by atoms with Gasteiger partial charge in [0, 0.05) is 5.69 Å². The molecule has 0 amide bonds. The molecule has 0 fully saturated rings. The number of halogens is 3. The number of alkyl halides is 3. The fourth-order valence-corrected chi connectivity index (χ4v) is 1.23. The third-order valence-corrected chi connectivity index (χ3v) is 1.84. The second-order valence-corrected chi connectivity index (χ2v) is 2.83. The zero-order chi connectivity index (χ0) is 10.3. The van der Waals surface area contributed by atoms with E-state index in [2.05, 4.69) is 4.98 Å². The number of hydrogen-bond acceptors (Lipinski definition) is 2. The molecule has 0 bridgehead atoms. The maximum atomic E-state index is 12.4. The summed E-state index contributed by atoms with van der Waals surface area (Å²) < 4.78 is 37.2. The van der Waals surface area contributed by atoms with Crippen molar-refractivity contribution in [2.75, 3.05) is 5.73 Å². The van der Waals surface area contributed by atoms with Crippen LogP contribution in [-0.4, -0.2) is 9.55 Å². The molecule has 0 aliphatic rings. The summed E-state index contributed by atoms with van der Waals surface area (Å²) in [4.78, 5) is 3.61. The number of nitrogen functional groups attached to an aromatic ring is 1. The molecule has 1 heterocycles. The molecular weight excluding hydrogens is 195 g/mol. The molecule has 2 N–H and O–H groups in total. The van der Waals surface area contributed by atoms with E-state index < -0.39 is 6.30 Å². The number of aromatic nitrogens is 2. The summed E-state index contributed by atoms with van der Waals surface area (Å²) in [6, 6.07) is 4.21. The van der Waals surface area contributed by atoms with Gasteiger partial charge in [-0.05, 0) is 18.2 Å². The Labute approximate surface area is 77.0 Å². The first-order valence-electron chi connectivity index (χ1n) is 3.78. The molecule has 0 saturated heterocycles. The predicted octanol–water partition coefficient (Wildman–Crippen LogP) is 2.09. The third-order valence-electron chi connectivity index (χ3n) is 1.84. The van der Waals surface area contributed by atoms with E-state index in [0.717, 1.165) is 6.33 Å². The summed E-state index contributed by atoms with van der Waals surface area (Å²) in [6.07, 6.45) is -3.72. The molecule has 1 aromatic carbocycles. The van der Waals surface area contributed by atoms with E-state index in [1.165, 1.54) is 18.2 Å². The minimum absolute atomic E-state index is 0.0301. The van der Waals surface area contributed by atoms with Crippen molar-refractivity contribution in [3.8, 4) is 0 Å². The lowest BCUT2D eigenvalue weighted by Gasteiger charge is -2.07. The Morgan fingerprint density at radius 3 is 2.64 bits per heavy atom. The van der Waals surface area contributed by atoms with Crippen LogP contribution in [0.1, 0.15) is 0 Å². The quantitative estimate of drug-likeness (QED) is 0.663. The van der Waals surface area contributed by atoms with Crippen molar-refractivity contribution in [1.29, 1.82) is 0 Å². The molecule has 0 aliphatic carbocycles. The Morgan fingerprint density at radius 2 is 2.00 bits per heavy atom. The van der Waals surface area contributed by atoms with E-state index in [-0.39, 0.29) is 21.3 Å². The second kappa shape index (κ2) is 2.63. The molecule has 2 aromatic rings. The summed E-state index contributed by atoms with van der Waals surface area (Å²) >= 11 is 0. The number of rotatable bonds is 0. The number of benzene rings is 1. The molecule has 0 radical (unpaired) electrons. The van der Waals surface area contributed by atoms with Crippen LogP contribution in [0.4, 0.5) is 18.9 Å². The van der Waals surface area contributed by atoms with Crippen molar-refractivity contribution in [1.82, 2.24) is 9.55 Å². The van der Waals surface area contributed by atoms with E-state index in [1.807, 2.05) is 0 Å². The number of imidazole rings is 1. The summed E-state index contributed by atoms with van der Waals surface area (Å²) in [7, 11) is 0. The lowest BCUT2D eigenvalue weighted by atomic mass is 10.3. The summed E-state index contributed by atoms with van der Waals surface area (Å²) in [5, 5.41) is 0. The predicted molar refractivity (Wildman–Crippen MR) is 45.4 cm³/mol. The fraction of sp³-hybridized carbons (Fsp3) is 0.125. The smallest absolute Gasteiger partial charge is 0.399 e. The highest BCUT2D eigenvalue weighted by atomic mass is 19.4. The lowest BCUT2D eigenvalue weighted by molar-refractivity contribution is -0.201. The number of fused-ring (bicyclic) bond motifs is 1. The first-order valence-corrected chi connectivity index (χ1v) is 3.78. The van der Waals surface area contributed by atoms with Gasteiger partial charge in [0.2, 0.25) is 0 Å². The van der Waals surface area contributed by atoms with Gasteiger partial charge in [0.25, 0.3) is 0 Å². The monoisotopic (exact) mass is 201 g/mol. The zero-order valence-corrected chi connectivity index (χ0v) is 6.92. The standard InChI is InChI=1S/C8H6F3N3/c9-8(10,11)14-4-13-6-2-1-5(12)3-7(6)14/h1-4H,12H2. The fourth-order valence-electron chi connectivity index (χ4n) is 1.23. The maximum Gasteiger partial charge on any atom is 0.490 e. The highest BCUT2D eigenvalue weighted by Crippen LogP contribution is 2.27. The minimum atomic E-state index is -4.46. The van der Waals surface area contributed by atoms with Crippen molar-refractivity contribution in [2.24, 2.45) is 0 Å². The number of nitrogens with zero attached hydrogens (tertiary/aromatic N) is 2. The summed E-state index contributed by atoms with van der Waals surface area (Å²) in [5.74, 6) is 0. The van der Waals surface area contributed by atoms with Crippen molar-refractivity contribution in [2.45, 2.75) is 6.30 Å². The van der Waals surface area contributed by atoms with Gasteiger partial charge in [0.1, 0.15) is 6.33 Å². The number of hydrogen-bond donors (Lipinski definition) is 1. The molecular formula is C8H6F3N3. The van der Waals surface area contributed by atoms with Crippen LogP contribution in [0, 0.1) is 0 Å². The molecule has 6 heteroatoms. The third kappa shape index (κ3) is 1.28. The van der Waals surface area contributed by atoms with Crippen molar-refractivity contribution >= 4 is 16.7 Å². The van der Waals surface area contributed by atoms with Crippen molar-refractivity contribution in [3.05, 3.63) is 24.5 Å². The second-order valence-electron chi connectivity index (χ2n) is 2.83. The van der Waals surface area contributed by atoms with Crippen LogP contribution in [0.5, 0.6) is 0 Å². The van der Waals surface area contributed by atoms with Gasteiger partial charge in [0.05, 0.1) is 11.0 Å². The largest absolute Gasteiger partial charge is 0.490 e. The van der Waals surface area contributed by atoms with E-state index in [1.54, 1.807) is 0 Å². The molecule has 0 spiro atoms. The van der Waals surface area contributed by atoms with Crippen molar-refractivity contribution < 1.29 is 13.2 Å². The van der Waals surface area contributed by atoms with Gasteiger partial charge in [0.15, 0.2) is 0 Å². The van der Waals surface area contributed by atoms with Gasteiger partial charge in [-0.25, -0.2) is 9.55 Å². The Bertz CT molecular complexity index is 472. The van der Waals surface area contributed by atoms with E-state index in [9.17, 15) is 13.2 Å². The number of anilines is 1. The Kier molecular flexibility index (Phi) is 1.67. The van der Waals surface area contributed by atoms with Crippen LogP contribution in [0.3, 0.4) is 0 Å². The molecule has 14 heavy (non-hydrogen) atoms. The zero-order valence-electron chi connectivity index (χ0n) is 6.92. The Hall–Kier alpha value is -1.72. The van der Waals surface area contributed by atoms with Gasteiger partial charge in [-0.1, -0.05) is 0 Å². The summed E-state index contributed by atoms with van der Waals surface area (Å²) in [6.45, 7) is 0. The average Bonchev–Trinajstić information content (AvgIpc) is 2.45. The topological polar surface area (TPSA) is 43.8 Å². The molecule has 2 rings (SSSR count). The first kappa shape index (κ1) is 8.86. The SMILES string of the molecule is Nc1ccc2ncn(C(F)(F)F)c2c1. The van der Waals surface area contributed by atoms with Crippen LogP contribution in [0.15, 0.2) is 24.5 Å². The normalized spacial score (nSPS) is 12.2. The van der Waals surface area contributed by atoms with Gasteiger partial charge >= 0.3 is 6.30 Å². The van der Waals surface area contributed by atoms with Crippen LogP contribution < -0.4 is 5.73 Å². The van der Waals surface area contributed by atoms with Crippen LogP contribution in [0.25, 0.3) is 11.0 Å².